The van der Waals surface area contributed by atoms with Gasteiger partial charge >= 0.3 is 0 Å². The van der Waals surface area contributed by atoms with E-state index in [9.17, 15) is 14.7 Å². The summed E-state index contributed by atoms with van der Waals surface area (Å²) in [5, 5.41) is 16.8. The number of benzene rings is 2. The Bertz CT molecular complexity index is 1130. The summed E-state index contributed by atoms with van der Waals surface area (Å²) < 4.78 is 1.39. The molecular formula is C23H24N4O3. The standard InChI is InChI=1S/C23H24N4O3/c1-24-23(30)21-22(29)20(28)15-27(25-21)19-12-6-4-10-17(19)16-9-3-5-11-18(16)26-13-7-2-8-14-26/h3-6,9-12,15,28H,2,7-8,13-14H2,1H3,(H,24,30). The predicted octanol–water partition coefficient (Wildman–Crippen LogP) is 2.96. The van der Waals surface area contributed by atoms with E-state index < -0.39 is 17.1 Å². The lowest BCUT2D eigenvalue weighted by atomic mass is 9.99. The summed E-state index contributed by atoms with van der Waals surface area (Å²) >= 11 is 0. The van der Waals surface area contributed by atoms with E-state index in [1.54, 1.807) is 0 Å². The normalized spacial score (nSPS) is 13.8. The number of amides is 1. The smallest absolute Gasteiger partial charge is 0.275 e. The summed E-state index contributed by atoms with van der Waals surface area (Å²) in [7, 11) is 1.42. The molecule has 1 fully saturated rings. The highest BCUT2D eigenvalue weighted by atomic mass is 16.3. The number of carbonyl (C=O) groups excluding carboxylic acids is 1. The van der Waals surface area contributed by atoms with Crippen LogP contribution in [0.3, 0.4) is 0 Å². The van der Waals surface area contributed by atoms with Gasteiger partial charge in [0.25, 0.3) is 11.3 Å². The lowest BCUT2D eigenvalue weighted by molar-refractivity contribution is 0.0954. The maximum Gasteiger partial charge on any atom is 0.275 e. The quantitative estimate of drug-likeness (QED) is 0.698. The van der Waals surface area contributed by atoms with Gasteiger partial charge < -0.3 is 15.3 Å². The van der Waals surface area contributed by atoms with Gasteiger partial charge in [0, 0.05) is 37.0 Å². The number of anilines is 1. The lowest BCUT2D eigenvalue weighted by Gasteiger charge is -2.31. The number of hydrogen-bond donors (Lipinski definition) is 2. The summed E-state index contributed by atoms with van der Waals surface area (Å²) in [5.74, 6) is -1.17. The molecular weight excluding hydrogens is 380 g/mol. The maximum absolute atomic E-state index is 12.2. The number of aromatic nitrogens is 2. The molecule has 1 aliphatic heterocycles. The fraction of sp³-hybridized carbons (Fsp3) is 0.261. The molecule has 0 radical (unpaired) electrons. The molecule has 0 bridgehead atoms. The highest BCUT2D eigenvalue weighted by Gasteiger charge is 2.20. The van der Waals surface area contributed by atoms with Crippen LogP contribution in [0, 0.1) is 0 Å². The van der Waals surface area contributed by atoms with Gasteiger partial charge in [-0.05, 0) is 31.4 Å². The van der Waals surface area contributed by atoms with E-state index in [1.807, 2.05) is 36.4 Å². The van der Waals surface area contributed by atoms with Crippen LogP contribution in [0.15, 0.2) is 59.5 Å². The number of nitrogens with one attached hydrogen (secondary N) is 1. The van der Waals surface area contributed by atoms with Crippen LogP contribution in [0.5, 0.6) is 5.75 Å². The van der Waals surface area contributed by atoms with Crippen LogP contribution in [0.4, 0.5) is 5.69 Å². The highest BCUT2D eigenvalue weighted by molar-refractivity contribution is 5.92. The maximum atomic E-state index is 12.2. The van der Waals surface area contributed by atoms with Crippen LogP contribution in [-0.4, -0.2) is 40.9 Å². The fourth-order valence-electron chi connectivity index (χ4n) is 3.88. The Morgan fingerprint density at radius 3 is 2.23 bits per heavy atom. The molecule has 1 saturated heterocycles. The summed E-state index contributed by atoms with van der Waals surface area (Å²) in [6.07, 6.45) is 4.83. The van der Waals surface area contributed by atoms with Gasteiger partial charge in [-0.25, -0.2) is 4.68 Å². The van der Waals surface area contributed by atoms with Gasteiger partial charge in [0.1, 0.15) is 0 Å². The van der Waals surface area contributed by atoms with Gasteiger partial charge in [-0.3, -0.25) is 9.59 Å². The Morgan fingerprint density at radius 1 is 0.967 bits per heavy atom. The number of carbonyl (C=O) groups is 1. The molecule has 1 aromatic heterocycles. The van der Waals surface area contributed by atoms with Crippen LogP contribution < -0.4 is 15.6 Å². The molecule has 0 atom stereocenters. The van der Waals surface area contributed by atoms with Crippen molar-refractivity contribution in [1.82, 2.24) is 15.1 Å². The van der Waals surface area contributed by atoms with Crippen LogP contribution in [0.25, 0.3) is 16.8 Å². The van der Waals surface area contributed by atoms with E-state index in [0.717, 1.165) is 29.9 Å². The second-order valence-electron chi connectivity index (χ2n) is 7.30. The zero-order valence-electron chi connectivity index (χ0n) is 16.8. The van der Waals surface area contributed by atoms with Crippen LogP contribution in [0.2, 0.25) is 0 Å². The van der Waals surface area contributed by atoms with Crippen molar-refractivity contribution < 1.29 is 9.90 Å². The van der Waals surface area contributed by atoms with Crippen molar-refractivity contribution in [2.45, 2.75) is 19.3 Å². The van der Waals surface area contributed by atoms with Gasteiger partial charge in [0.15, 0.2) is 11.4 Å². The van der Waals surface area contributed by atoms with Crippen LogP contribution >= 0.6 is 0 Å². The number of hydrogen-bond acceptors (Lipinski definition) is 5. The first kappa shape index (κ1) is 19.7. The minimum atomic E-state index is -0.795. The monoisotopic (exact) mass is 404 g/mol. The Labute approximate surface area is 174 Å². The minimum absolute atomic E-state index is 0.350. The highest BCUT2D eigenvalue weighted by Crippen LogP contribution is 2.35. The second kappa shape index (κ2) is 8.41. The third-order valence-electron chi connectivity index (χ3n) is 5.38. The summed E-state index contributed by atoms with van der Waals surface area (Å²) in [5.41, 5.74) is 2.60. The van der Waals surface area contributed by atoms with E-state index in [4.69, 9.17) is 0 Å². The van der Waals surface area contributed by atoms with Crippen molar-refractivity contribution in [3.8, 4) is 22.6 Å². The summed E-state index contributed by atoms with van der Waals surface area (Å²) in [4.78, 5) is 26.6. The number of aromatic hydroxyl groups is 1. The van der Waals surface area contributed by atoms with Gasteiger partial charge in [0.05, 0.1) is 11.9 Å². The van der Waals surface area contributed by atoms with Crippen molar-refractivity contribution in [2.24, 2.45) is 0 Å². The molecule has 2 aromatic carbocycles. The molecule has 7 nitrogen and oxygen atoms in total. The average molecular weight is 404 g/mol. The Hall–Kier alpha value is -3.61. The van der Waals surface area contributed by atoms with Gasteiger partial charge in [-0.1, -0.05) is 36.4 Å². The molecule has 2 N–H and O–H groups in total. The van der Waals surface area contributed by atoms with E-state index >= 15 is 0 Å². The van der Waals surface area contributed by atoms with Crippen LogP contribution in [0.1, 0.15) is 29.8 Å². The van der Waals surface area contributed by atoms with E-state index in [1.165, 1.54) is 37.2 Å². The van der Waals surface area contributed by atoms with Gasteiger partial charge in [-0.15, -0.1) is 0 Å². The molecule has 30 heavy (non-hydrogen) atoms. The largest absolute Gasteiger partial charge is 0.503 e. The van der Waals surface area contributed by atoms with Crippen molar-refractivity contribution in [3.63, 3.8) is 0 Å². The van der Waals surface area contributed by atoms with E-state index in [-0.39, 0.29) is 5.69 Å². The number of nitrogens with zero attached hydrogens (tertiary/aromatic N) is 3. The molecule has 0 spiro atoms. The Balaban J connectivity index is 1.87. The first-order valence-corrected chi connectivity index (χ1v) is 10.1. The number of para-hydroxylation sites is 2. The Kier molecular flexibility index (Phi) is 5.52. The Morgan fingerprint density at radius 2 is 1.57 bits per heavy atom. The number of piperidine rings is 1. The topological polar surface area (TPSA) is 87.5 Å². The van der Waals surface area contributed by atoms with Crippen molar-refractivity contribution in [2.75, 3.05) is 25.0 Å². The van der Waals surface area contributed by atoms with Crippen molar-refractivity contribution in [3.05, 3.63) is 70.6 Å². The molecule has 0 aliphatic carbocycles. The second-order valence-corrected chi connectivity index (χ2v) is 7.30. The minimum Gasteiger partial charge on any atom is -0.503 e. The van der Waals surface area contributed by atoms with E-state index in [2.05, 4.69) is 27.4 Å². The predicted molar refractivity (Wildman–Crippen MR) is 116 cm³/mol. The zero-order chi connectivity index (χ0) is 21.1. The molecule has 2 heterocycles. The van der Waals surface area contributed by atoms with Gasteiger partial charge in [0.2, 0.25) is 0 Å². The molecule has 4 rings (SSSR count). The summed E-state index contributed by atoms with van der Waals surface area (Å²) in [6, 6.07) is 15.8. The van der Waals surface area contributed by atoms with Crippen molar-refractivity contribution >= 4 is 11.6 Å². The average Bonchev–Trinajstić information content (AvgIpc) is 2.81. The molecule has 0 saturated carbocycles. The molecule has 154 valence electrons. The molecule has 0 unspecified atom stereocenters. The first-order valence-electron chi connectivity index (χ1n) is 10.1. The molecule has 3 aromatic rings. The fourth-order valence-corrected chi connectivity index (χ4v) is 3.88. The number of rotatable bonds is 4. The summed E-state index contributed by atoms with van der Waals surface area (Å²) in [6.45, 7) is 2.02. The molecule has 1 amide bonds. The third-order valence-corrected chi connectivity index (χ3v) is 5.38. The lowest BCUT2D eigenvalue weighted by Crippen LogP contribution is -2.30. The van der Waals surface area contributed by atoms with Gasteiger partial charge in [-0.2, -0.15) is 5.10 Å². The SMILES string of the molecule is CNC(=O)c1nn(-c2ccccc2-c2ccccc2N2CCCCC2)cc(O)c1=O. The molecule has 1 aliphatic rings. The first-order chi connectivity index (χ1) is 14.6. The van der Waals surface area contributed by atoms with Crippen LogP contribution in [-0.2, 0) is 0 Å². The van der Waals surface area contributed by atoms with Crippen molar-refractivity contribution in [1.29, 1.82) is 0 Å². The van der Waals surface area contributed by atoms with E-state index in [0.29, 0.717) is 5.69 Å². The molecule has 7 heteroatoms. The zero-order valence-corrected chi connectivity index (χ0v) is 16.8. The third kappa shape index (κ3) is 3.66.